The number of halogens is 1. The van der Waals surface area contributed by atoms with Crippen LogP contribution >= 0.6 is 23.4 Å². The molecule has 0 saturated heterocycles. The molecule has 0 aliphatic rings. The third-order valence-corrected chi connectivity index (χ3v) is 3.75. The fraction of sp³-hybridized carbons (Fsp3) is 0.0769. The van der Waals surface area contributed by atoms with E-state index >= 15 is 0 Å². The van der Waals surface area contributed by atoms with Crippen LogP contribution in [0.25, 0.3) is 0 Å². The molecule has 0 saturated carbocycles. The van der Waals surface area contributed by atoms with Crippen molar-refractivity contribution >= 4 is 29.3 Å². The molecule has 1 heterocycles. The second kappa shape index (κ2) is 5.89. The molecule has 1 aromatic heterocycles. The summed E-state index contributed by atoms with van der Waals surface area (Å²) in [7, 11) is 0. The first-order valence-electron chi connectivity index (χ1n) is 5.21. The van der Waals surface area contributed by atoms with Gasteiger partial charge in [0, 0.05) is 23.0 Å². The fourth-order valence-electron chi connectivity index (χ4n) is 1.38. The zero-order valence-electron chi connectivity index (χ0n) is 9.34. The minimum absolute atomic E-state index is 0.293. The molecule has 92 valence electrons. The normalized spacial score (nSPS) is 10.3. The van der Waals surface area contributed by atoms with Gasteiger partial charge in [-0.05, 0) is 35.9 Å². The Bertz CT molecular complexity index is 557. The summed E-state index contributed by atoms with van der Waals surface area (Å²) >= 11 is 7.61. The number of hydrogen-bond donors (Lipinski definition) is 1. The summed E-state index contributed by atoms with van der Waals surface area (Å²) in [5.41, 5.74) is 1.31. The number of hydrogen-bond acceptors (Lipinski definition) is 3. The van der Waals surface area contributed by atoms with Gasteiger partial charge in [-0.1, -0.05) is 11.6 Å². The second-order valence-corrected chi connectivity index (χ2v) is 5.04. The molecule has 0 radical (unpaired) electrons. The Balaban J connectivity index is 2.02. The van der Waals surface area contributed by atoms with Gasteiger partial charge in [0.25, 0.3) is 0 Å². The molecular formula is C13H10ClNO2S. The Hall–Kier alpha value is -1.52. The third-order valence-electron chi connectivity index (χ3n) is 2.35. The summed E-state index contributed by atoms with van der Waals surface area (Å²) in [6.07, 6.45) is 3.32. The molecule has 5 heteroatoms. The number of thioether (sulfide) groups is 1. The van der Waals surface area contributed by atoms with Gasteiger partial charge in [0.15, 0.2) is 0 Å². The quantitative estimate of drug-likeness (QED) is 0.867. The van der Waals surface area contributed by atoms with Gasteiger partial charge in [0.05, 0.1) is 10.6 Å². The zero-order chi connectivity index (χ0) is 13.0. The molecule has 0 spiro atoms. The first-order valence-corrected chi connectivity index (χ1v) is 6.58. The van der Waals surface area contributed by atoms with Gasteiger partial charge in [-0.25, -0.2) is 4.79 Å². The van der Waals surface area contributed by atoms with Crippen molar-refractivity contribution in [2.24, 2.45) is 0 Å². The molecule has 0 atom stereocenters. The van der Waals surface area contributed by atoms with E-state index < -0.39 is 5.97 Å². The molecule has 1 aromatic carbocycles. The summed E-state index contributed by atoms with van der Waals surface area (Å²) in [5, 5.41) is 9.43. The number of aromatic nitrogens is 1. The van der Waals surface area contributed by atoms with Crippen LogP contribution in [0.4, 0.5) is 0 Å². The molecule has 1 N–H and O–H groups in total. The lowest BCUT2D eigenvalue weighted by Crippen LogP contribution is -1.94. The Morgan fingerprint density at radius 2 is 2.00 bits per heavy atom. The van der Waals surface area contributed by atoms with Crippen molar-refractivity contribution in [2.45, 2.75) is 10.6 Å². The smallest absolute Gasteiger partial charge is 0.335 e. The van der Waals surface area contributed by atoms with Crippen LogP contribution < -0.4 is 0 Å². The maximum atomic E-state index is 10.7. The van der Waals surface area contributed by atoms with Gasteiger partial charge in [0.1, 0.15) is 0 Å². The highest BCUT2D eigenvalue weighted by molar-refractivity contribution is 7.98. The van der Waals surface area contributed by atoms with Crippen LogP contribution in [-0.4, -0.2) is 16.1 Å². The monoisotopic (exact) mass is 279 g/mol. The SMILES string of the molecule is O=C(O)c1ccc(SCc2ccncc2Cl)cc1. The van der Waals surface area contributed by atoms with Crippen molar-refractivity contribution in [3.05, 3.63) is 58.9 Å². The lowest BCUT2D eigenvalue weighted by molar-refractivity contribution is 0.0697. The second-order valence-electron chi connectivity index (χ2n) is 3.59. The summed E-state index contributed by atoms with van der Waals surface area (Å²) in [5.74, 6) is -0.183. The molecule has 0 fully saturated rings. The van der Waals surface area contributed by atoms with Crippen LogP contribution in [0.2, 0.25) is 5.02 Å². The number of pyridine rings is 1. The average Bonchev–Trinajstić information content (AvgIpc) is 2.38. The Morgan fingerprint density at radius 1 is 1.28 bits per heavy atom. The highest BCUT2D eigenvalue weighted by Crippen LogP contribution is 2.26. The lowest BCUT2D eigenvalue weighted by Gasteiger charge is -2.04. The van der Waals surface area contributed by atoms with Crippen molar-refractivity contribution in [1.82, 2.24) is 4.98 Å². The number of benzene rings is 1. The molecule has 0 aliphatic heterocycles. The van der Waals surface area contributed by atoms with Crippen molar-refractivity contribution in [3.63, 3.8) is 0 Å². The lowest BCUT2D eigenvalue weighted by atomic mass is 10.2. The van der Waals surface area contributed by atoms with Crippen LogP contribution in [0.15, 0.2) is 47.6 Å². The van der Waals surface area contributed by atoms with Gasteiger partial charge in [-0.2, -0.15) is 0 Å². The van der Waals surface area contributed by atoms with Crippen LogP contribution in [-0.2, 0) is 5.75 Å². The van der Waals surface area contributed by atoms with E-state index in [1.54, 1.807) is 48.4 Å². The van der Waals surface area contributed by atoms with Gasteiger partial charge >= 0.3 is 5.97 Å². The van der Waals surface area contributed by atoms with Crippen molar-refractivity contribution in [1.29, 1.82) is 0 Å². The van der Waals surface area contributed by atoms with Crippen LogP contribution in [0.3, 0.4) is 0 Å². The molecule has 18 heavy (non-hydrogen) atoms. The highest BCUT2D eigenvalue weighted by atomic mass is 35.5. The van der Waals surface area contributed by atoms with Crippen LogP contribution in [0.1, 0.15) is 15.9 Å². The van der Waals surface area contributed by atoms with Gasteiger partial charge in [-0.3, -0.25) is 4.98 Å². The van der Waals surface area contributed by atoms with Gasteiger partial charge in [0.2, 0.25) is 0 Å². The first-order chi connectivity index (χ1) is 8.66. The van der Waals surface area contributed by atoms with Gasteiger partial charge < -0.3 is 5.11 Å². The first kappa shape index (κ1) is 12.9. The summed E-state index contributed by atoms with van der Waals surface area (Å²) in [6.45, 7) is 0. The van der Waals surface area contributed by atoms with Crippen LogP contribution in [0.5, 0.6) is 0 Å². The molecule has 0 bridgehead atoms. The number of carboxylic acids is 1. The molecule has 2 rings (SSSR count). The summed E-state index contributed by atoms with van der Waals surface area (Å²) in [4.78, 5) is 15.6. The van der Waals surface area contributed by atoms with E-state index in [2.05, 4.69) is 4.98 Å². The minimum Gasteiger partial charge on any atom is -0.478 e. The Labute approximate surface area is 114 Å². The van der Waals surface area contributed by atoms with E-state index in [4.69, 9.17) is 16.7 Å². The summed E-state index contributed by atoms with van der Waals surface area (Å²) < 4.78 is 0. The standard InChI is InChI=1S/C13H10ClNO2S/c14-12-7-15-6-5-10(12)8-18-11-3-1-9(2-4-11)13(16)17/h1-7H,8H2,(H,16,17). The van der Waals surface area contributed by atoms with E-state index in [0.29, 0.717) is 10.6 Å². The fourth-order valence-corrected chi connectivity index (χ4v) is 2.54. The average molecular weight is 280 g/mol. The number of nitrogens with zero attached hydrogens (tertiary/aromatic N) is 1. The molecule has 0 aliphatic carbocycles. The number of rotatable bonds is 4. The van der Waals surface area contributed by atoms with E-state index in [-0.39, 0.29) is 0 Å². The van der Waals surface area contributed by atoms with Gasteiger partial charge in [-0.15, -0.1) is 11.8 Å². The molecule has 0 amide bonds. The zero-order valence-corrected chi connectivity index (χ0v) is 10.9. The number of carbonyl (C=O) groups is 1. The minimum atomic E-state index is -0.913. The third kappa shape index (κ3) is 3.24. The van der Waals surface area contributed by atoms with Crippen molar-refractivity contribution in [2.75, 3.05) is 0 Å². The van der Waals surface area contributed by atoms with E-state index in [1.807, 2.05) is 6.07 Å². The van der Waals surface area contributed by atoms with Crippen molar-refractivity contribution < 1.29 is 9.90 Å². The molecule has 2 aromatic rings. The van der Waals surface area contributed by atoms with E-state index in [1.165, 1.54) is 0 Å². The molecular weight excluding hydrogens is 270 g/mol. The Kier molecular flexibility index (Phi) is 4.23. The predicted molar refractivity (Wildman–Crippen MR) is 72.2 cm³/mol. The van der Waals surface area contributed by atoms with Crippen molar-refractivity contribution in [3.8, 4) is 0 Å². The number of aromatic carboxylic acids is 1. The Morgan fingerprint density at radius 3 is 2.61 bits per heavy atom. The maximum Gasteiger partial charge on any atom is 0.335 e. The number of carboxylic acid groups (broad SMARTS) is 1. The van der Waals surface area contributed by atoms with Crippen LogP contribution in [0, 0.1) is 0 Å². The molecule has 3 nitrogen and oxygen atoms in total. The topological polar surface area (TPSA) is 50.2 Å². The predicted octanol–water partition coefficient (Wildman–Crippen LogP) is 3.73. The molecule has 0 unspecified atom stereocenters. The van der Waals surface area contributed by atoms with E-state index in [9.17, 15) is 4.79 Å². The van der Waals surface area contributed by atoms with E-state index in [0.717, 1.165) is 16.2 Å². The highest BCUT2D eigenvalue weighted by Gasteiger charge is 2.03. The summed E-state index contributed by atoms with van der Waals surface area (Å²) in [6, 6.07) is 8.66. The maximum absolute atomic E-state index is 10.7. The largest absolute Gasteiger partial charge is 0.478 e.